The molecule has 0 spiro atoms. The van der Waals surface area contributed by atoms with E-state index in [0.717, 1.165) is 5.76 Å². The van der Waals surface area contributed by atoms with Gasteiger partial charge in [0.2, 0.25) is 0 Å². The van der Waals surface area contributed by atoms with Gasteiger partial charge in [0.25, 0.3) is 0 Å². The second-order valence-electron chi connectivity index (χ2n) is 6.16. The molecule has 3 nitrogen and oxygen atoms in total. The maximum absolute atomic E-state index is 12.6. The van der Waals surface area contributed by atoms with Gasteiger partial charge in [0.15, 0.2) is 0 Å². The van der Waals surface area contributed by atoms with E-state index in [1.165, 1.54) is 0 Å². The van der Waals surface area contributed by atoms with Crippen LogP contribution in [0.4, 0.5) is 13.2 Å². The third kappa shape index (κ3) is 4.23. The maximum Gasteiger partial charge on any atom is 0.391 e. The van der Waals surface area contributed by atoms with E-state index < -0.39 is 17.7 Å². The lowest BCUT2D eigenvalue weighted by Crippen LogP contribution is -2.43. The van der Waals surface area contributed by atoms with Crippen LogP contribution in [0.3, 0.4) is 0 Å². The largest absolute Gasteiger partial charge is 0.463 e. The zero-order chi connectivity index (χ0) is 15.7. The number of alkyl halides is 3. The highest BCUT2D eigenvalue weighted by molar-refractivity contribution is 5.12. The first kappa shape index (κ1) is 16.4. The molecule has 1 aromatic rings. The summed E-state index contributed by atoms with van der Waals surface area (Å²) in [5.74, 6) is 0.0104. The first-order chi connectivity index (χ1) is 9.68. The van der Waals surface area contributed by atoms with Crippen molar-refractivity contribution in [3.63, 3.8) is 0 Å². The molecule has 1 atom stereocenters. The van der Waals surface area contributed by atoms with Crippen LogP contribution in [0.25, 0.3) is 0 Å². The molecule has 1 fully saturated rings. The lowest BCUT2D eigenvalue weighted by molar-refractivity contribution is -0.182. The SMILES string of the molecule is Cc1ccc(C(C)(O)CNC2CCC(C(F)(F)F)CC2)o1. The molecule has 0 radical (unpaired) electrons. The molecule has 6 heteroatoms. The summed E-state index contributed by atoms with van der Waals surface area (Å²) in [6, 6.07) is 3.52. The summed E-state index contributed by atoms with van der Waals surface area (Å²) in [4.78, 5) is 0. The lowest BCUT2D eigenvalue weighted by Gasteiger charge is -2.32. The van der Waals surface area contributed by atoms with E-state index in [1.807, 2.05) is 0 Å². The molecule has 0 aromatic carbocycles. The summed E-state index contributed by atoms with van der Waals surface area (Å²) < 4.78 is 43.2. The van der Waals surface area contributed by atoms with Crippen LogP contribution in [-0.4, -0.2) is 23.9 Å². The summed E-state index contributed by atoms with van der Waals surface area (Å²) in [5, 5.41) is 13.5. The monoisotopic (exact) mass is 305 g/mol. The van der Waals surface area contributed by atoms with E-state index in [4.69, 9.17) is 4.42 Å². The van der Waals surface area contributed by atoms with Gasteiger partial charge in [0.05, 0.1) is 5.92 Å². The summed E-state index contributed by atoms with van der Waals surface area (Å²) in [6.07, 6.45) is -2.80. The van der Waals surface area contributed by atoms with E-state index in [-0.39, 0.29) is 25.4 Å². The molecule has 1 saturated carbocycles. The Labute approximate surface area is 122 Å². The van der Waals surface area contributed by atoms with Crippen LogP contribution in [0.5, 0.6) is 0 Å². The zero-order valence-corrected chi connectivity index (χ0v) is 12.3. The molecule has 0 bridgehead atoms. The van der Waals surface area contributed by atoms with Crippen LogP contribution in [0.1, 0.15) is 44.1 Å². The molecule has 1 aromatic heterocycles. The molecule has 0 amide bonds. The first-order valence-electron chi connectivity index (χ1n) is 7.28. The smallest absolute Gasteiger partial charge is 0.391 e. The van der Waals surface area contributed by atoms with Crippen molar-refractivity contribution in [2.24, 2.45) is 5.92 Å². The fourth-order valence-electron chi connectivity index (χ4n) is 2.78. The van der Waals surface area contributed by atoms with E-state index in [1.54, 1.807) is 26.0 Å². The number of aryl methyl sites for hydroxylation is 1. The van der Waals surface area contributed by atoms with Crippen LogP contribution in [-0.2, 0) is 5.60 Å². The van der Waals surface area contributed by atoms with E-state index in [0.29, 0.717) is 18.6 Å². The maximum atomic E-state index is 12.6. The average Bonchev–Trinajstić information content (AvgIpc) is 2.83. The number of halogens is 3. The van der Waals surface area contributed by atoms with Crippen LogP contribution >= 0.6 is 0 Å². The Hall–Kier alpha value is -1.01. The van der Waals surface area contributed by atoms with Gasteiger partial charge in [0.1, 0.15) is 17.1 Å². The minimum atomic E-state index is -4.08. The van der Waals surface area contributed by atoms with Gasteiger partial charge in [-0.25, -0.2) is 0 Å². The van der Waals surface area contributed by atoms with Gasteiger partial charge in [-0.1, -0.05) is 0 Å². The Balaban J connectivity index is 1.82. The van der Waals surface area contributed by atoms with Gasteiger partial charge in [-0.05, 0) is 51.7 Å². The molecule has 0 aliphatic heterocycles. The third-order valence-electron chi connectivity index (χ3n) is 4.20. The Morgan fingerprint density at radius 1 is 1.24 bits per heavy atom. The molecular formula is C15H22F3NO2. The van der Waals surface area contributed by atoms with Gasteiger partial charge in [-0.2, -0.15) is 13.2 Å². The fourth-order valence-corrected chi connectivity index (χ4v) is 2.78. The topological polar surface area (TPSA) is 45.4 Å². The van der Waals surface area contributed by atoms with Crippen molar-refractivity contribution in [1.29, 1.82) is 0 Å². The standard InChI is InChI=1S/C15H22F3NO2/c1-10-3-8-13(21-10)14(2,20)9-19-12-6-4-11(5-7-12)15(16,17)18/h3,8,11-12,19-20H,4-7,9H2,1-2H3. The molecule has 1 unspecified atom stereocenters. The zero-order valence-electron chi connectivity index (χ0n) is 12.3. The molecule has 1 aliphatic carbocycles. The lowest BCUT2D eigenvalue weighted by atomic mass is 9.85. The van der Waals surface area contributed by atoms with Gasteiger partial charge >= 0.3 is 6.18 Å². The highest BCUT2D eigenvalue weighted by atomic mass is 19.4. The Morgan fingerprint density at radius 3 is 2.33 bits per heavy atom. The van der Waals surface area contributed by atoms with E-state index in [9.17, 15) is 18.3 Å². The predicted octanol–water partition coefficient (Wildman–Crippen LogP) is 3.51. The number of hydrogen-bond acceptors (Lipinski definition) is 3. The van der Waals surface area contributed by atoms with Crippen molar-refractivity contribution in [2.75, 3.05) is 6.54 Å². The van der Waals surface area contributed by atoms with Crippen molar-refractivity contribution in [2.45, 2.75) is 57.3 Å². The molecule has 21 heavy (non-hydrogen) atoms. The van der Waals surface area contributed by atoms with Gasteiger partial charge in [-0.15, -0.1) is 0 Å². The quantitative estimate of drug-likeness (QED) is 0.895. The normalized spacial score (nSPS) is 26.6. The van der Waals surface area contributed by atoms with Crippen molar-refractivity contribution >= 4 is 0 Å². The second-order valence-corrected chi connectivity index (χ2v) is 6.16. The van der Waals surface area contributed by atoms with E-state index in [2.05, 4.69) is 5.32 Å². The molecule has 2 N–H and O–H groups in total. The van der Waals surface area contributed by atoms with Crippen LogP contribution in [0.2, 0.25) is 0 Å². The molecule has 0 saturated heterocycles. The Morgan fingerprint density at radius 2 is 1.86 bits per heavy atom. The number of rotatable bonds is 4. The first-order valence-corrected chi connectivity index (χ1v) is 7.28. The minimum Gasteiger partial charge on any atom is -0.463 e. The van der Waals surface area contributed by atoms with Gasteiger partial charge < -0.3 is 14.8 Å². The average molecular weight is 305 g/mol. The van der Waals surface area contributed by atoms with Gasteiger partial charge in [0, 0.05) is 12.6 Å². The third-order valence-corrected chi connectivity index (χ3v) is 4.20. The number of hydrogen-bond donors (Lipinski definition) is 2. The van der Waals surface area contributed by atoms with Crippen LogP contribution < -0.4 is 5.32 Å². The highest BCUT2D eigenvalue weighted by Crippen LogP contribution is 2.37. The van der Waals surface area contributed by atoms with Crippen LogP contribution in [0, 0.1) is 12.8 Å². The molecule has 1 aliphatic rings. The number of nitrogens with one attached hydrogen (secondary N) is 1. The summed E-state index contributed by atoms with van der Waals surface area (Å²) in [6.45, 7) is 3.70. The highest BCUT2D eigenvalue weighted by Gasteiger charge is 2.41. The predicted molar refractivity (Wildman–Crippen MR) is 72.8 cm³/mol. The molecule has 1 heterocycles. The van der Waals surface area contributed by atoms with Crippen molar-refractivity contribution in [3.05, 3.63) is 23.7 Å². The second kappa shape index (κ2) is 6.01. The molecular weight excluding hydrogens is 283 g/mol. The van der Waals surface area contributed by atoms with Crippen LogP contribution in [0.15, 0.2) is 16.5 Å². The number of aliphatic hydroxyl groups is 1. The fraction of sp³-hybridized carbons (Fsp3) is 0.733. The van der Waals surface area contributed by atoms with Crippen molar-refractivity contribution < 1.29 is 22.7 Å². The van der Waals surface area contributed by atoms with Crippen molar-refractivity contribution in [3.8, 4) is 0 Å². The minimum absolute atomic E-state index is 0.0196. The molecule has 2 rings (SSSR count). The Bertz CT molecular complexity index is 460. The summed E-state index contributed by atoms with van der Waals surface area (Å²) in [5.41, 5.74) is -1.16. The Kier molecular flexibility index (Phi) is 4.68. The van der Waals surface area contributed by atoms with E-state index >= 15 is 0 Å². The number of furan rings is 1. The van der Waals surface area contributed by atoms with Crippen molar-refractivity contribution in [1.82, 2.24) is 5.32 Å². The van der Waals surface area contributed by atoms with Gasteiger partial charge in [-0.3, -0.25) is 0 Å². The summed E-state index contributed by atoms with van der Waals surface area (Å²) in [7, 11) is 0. The summed E-state index contributed by atoms with van der Waals surface area (Å²) >= 11 is 0. The molecule has 120 valence electrons.